The summed E-state index contributed by atoms with van der Waals surface area (Å²) >= 11 is 0. The molecule has 9 heteroatoms. The summed E-state index contributed by atoms with van der Waals surface area (Å²) in [5.74, 6) is -0.298. The molecule has 1 unspecified atom stereocenters. The molecule has 294 valence electrons. The van der Waals surface area contributed by atoms with Crippen LogP contribution in [0.5, 0.6) is 5.75 Å². The van der Waals surface area contributed by atoms with Gasteiger partial charge in [-0.15, -0.1) is 0 Å². The van der Waals surface area contributed by atoms with E-state index in [1.165, 1.54) is 44.6 Å². The number of carbonyl (C=O) groups excluding carboxylic acids is 3. The number of ether oxygens (including phenoxy) is 6. The van der Waals surface area contributed by atoms with Gasteiger partial charge in [0.2, 0.25) is 0 Å². The molecule has 0 saturated heterocycles. The lowest BCUT2D eigenvalue weighted by Crippen LogP contribution is -2.37. The average Bonchev–Trinajstić information content (AvgIpc) is 3.91. The molecule has 0 aromatic heterocycles. The van der Waals surface area contributed by atoms with Crippen LogP contribution in [0.1, 0.15) is 109 Å². The Kier molecular flexibility index (Phi) is 23.0. The van der Waals surface area contributed by atoms with E-state index in [1.54, 1.807) is 6.92 Å². The van der Waals surface area contributed by atoms with Gasteiger partial charge in [-0.05, 0) is 68.4 Å². The zero-order chi connectivity index (χ0) is 39.3. The normalized spacial score (nSPS) is 13.5. The van der Waals surface area contributed by atoms with E-state index in [1.807, 2.05) is 72.8 Å². The zero-order valence-electron chi connectivity index (χ0n) is 32.3. The second-order valence-electron chi connectivity index (χ2n) is 12.9. The standard InChI is InChI=1S/C20H30O3.C15H20O4.C10H10O2/c1-3-5-6-7-8-9-11-16-19(23-20(21)4-2)17-22-18-14-12-10-13-15-18;1-3-14(16)19-15(2,17-12-8-4-5-9-12)18-13-10-6-7-11-13;1-2-10(11)12-8-9-6-4-3-5-7-9/h4,10,12-15,19H,2-3,5-9,11,16-17H2,1H3;3,8,10H,1,4-7,9,11H2,2H3;2-7H,1,8H2. The lowest BCUT2D eigenvalue weighted by atomic mass is 10.1. The largest absolute Gasteiger partial charge is 0.490 e. The first kappa shape index (κ1) is 45.1. The highest BCUT2D eigenvalue weighted by Crippen LogP contribution is 2.31. The third-order valence-electron chi connectivity index (χ3n) is 8.23. The Morgan fingerprint density at radius 3 is 1.78 bits per heavy atom. The summed E-state index contributed by atoms with van der Waals surface area (Å²) in [4.78, 5) is 33.5. The minimum atomic E-state index is -1.41. The highest BCUT2D eigenvalue weighted by molar-refractivity contribution is 5.82. The molecule has 1 atom stereocenters. The molecule has 2 aromatic carbocycles. The van der Waals surface area contributed by atoms with Crippen molar-refractivity contribution >= 4 is 17.9 Å². The van der Waals surface area contributed by atoms with Crippen LogP contribution < -0.4 is 4.74 Å². The van der Waals surface area contributed by atoms with Crippen LogP contribution in [-0.4, -0.2) is 36.6 Å². The Labute approximate surface area is 322 Å². The lowest BCUT2D eigenvalue weighted by molar-refractivity contribution is -0.321. The number of carbonyl (C=O) groups is 3. The first-order chi connectivity index (χ1) is 26.2. The maximum Gasteiger partial charge on any atom is 0.415 e. The van der Waals surface area contributed by atoms with Crippen LogP contribution in [-0.2, 0) is 44.7 Å². The van der Waals surface area contributed by atoms with Crippen molar-refractivity contribution in [2.24, 2.45) is 0 Å². The molecule has 2 aliphatic carbocycles. The molecule has 0 fully saturated rings. The Morgan fingerprint density at radius 1 is 0.722 bits per heavy atom. The molecule has 0 N–H and O–H groups in total. The van der Waals surface area contributed by atoms with Gasteiger partial charge in [-0.1, -0.05) is 114 Å². The molecule has 2 aromatic rings. The van der Waals surface area contributed by atoms with Crippen LogP contribution in [0.15, 0.2) is 122 Å². The highest BCUT2D eigenvalue weighted by atomic mass is 16.9. The van der Waals surface area contributed by atoms with Gasteiger partial charge in [0.15, 0.2) is 0 Å². The van der Waals surface area contributed by atoms with Gasteiger partial charge in [-0.25, -0.2) is 14.4 Å². The summed E-state index contributed by atoms with van der Waals surface area (Å²) < 4.78 is 32.6. The van der Waals surface area contributed by atoms with Crippen molar-refractivity contribution in [1.29, 1.82) is 0 Å². The second kappa shape index (κ2) is 27.5. The summed E-state index contributed by atoms with van der Waals surface area (Å²) in [5.41, 5.74) is 0.979. The fraction of sp³-hybridized carbons (Fsp3) is 0.444. The fourth-order valence-electron chi connectivity index (χ4n) is 5.44. The molecule has 0 saturated carbocycles. The number of unbranched alkanes of at least 4 members (excludes halogenated alkanes) is 6. The topological polar surface area (TPSA) is 107 Å². The van der Waals surface area contributed by atoms with Gasteiger partial charge in [0.25, 0.3) is 0 Å². The van der Waals surface area contributed by atoms with Crippen molar-refractivity contribution in [1.82, 2.24) is 0 Å². The van der Waals surface area contributed by atoms with Crippen molar-refractivity contribution in [2.45, 2.75) is 122 Å². The molecule has 2 aliphatic rings. The van der Waals surface area contributed by atoms with Crippen LogP contribution in [0.3, 0.4) is 0 Å². The van der Waals surface area contributed by atoms with Crippen LogP contribution in [0, 0.1) is 0 Å². The van der Waals surface area contributed by atoms with Crippen LogP contribution in [0.4, 0.5) is 0 Å². The lowest BCUT2D eigenvalue weighted by Gasteiger charge is -2.30. The van der Waals surface area contributed by atoms with E-state index in [4.69, 9.17) is 28.4 Å². The van der Waals surface area contributed by atoms with E-state index in [-0.39, 0.29) is 18.0 Å². The first-order valence-electron chi connectivity index (χ1n) is 19.2. The fourth-order valence-corrected chi connectivity index (χ4v) is 5.44. The quantitative estimate of drug-likeness (QED) is 0.0383. The monoisotopic (exact) mass is 744 g/mol. The molecule has 0 heterocycles. The molecule has 54 heavy (non-hydrogen) atoms. The van der Waals surface area contributed by atoms with Crippen molar-refractivity contribution in [3.8, 4) is 5.75 Å². The number of rotatable bonds is 22. The van der Waals surface area contributed by atoms with Gasteiger partial charge < -0.3 is 28.4 Å². The van der Waals surface area contributed by atoms with E-state index in [0.717, 1.165) is 86.3 Å². The van der Waals surface area contributed by atoms with Gasteiger partial charge in [0, 0.05) is 31.1 Å². The average molecular weight is 745 g/mol. The second-order valence-corrected chi connectivity index (χ2v) is 12.9. The summed E-state index contributed by atoms with van der Waals surface area (Å²) in [6.07, 6.45) is 22.6. The van der Waals surface area contributed by atoms with E-state index in [2.05, 4.69) is 26.7 Å². The van der Waals surface area contributed by atoms with E-state index in [0.29, 0.717) is 13.2 Å². The summed E-state index contributed by atoms with van der Waals surface area (Å²) in [6, 6.07) is 19.1. The Hall–Kier alpha value is -5.05. The SMILES string of the molecule is C=CC(=O)OC(C)(OC1=CCCC1)OC1=CCCC1.C=CC(=O)OC(CCCCCCCCC)COc1ccccc1.C=CC(=O)OCc1ccccc1. The molecule has 4 rings (SSSR count). The molecule has 0 spiro atoms. The molecule has 0 radical (unpaired) electrons. The molecule has 0 aliphatic heterocycles. The first-order valence-corrected chi connectivity index (χ1v) is 19.2. The van der Waals surface area contributed by atoms with Gasteiger partial charge >= 0.3 is 23.9 Å². The number of allylic oxidation sites excluding steroid dienone is 4. The molecular weight excluding hydrogens is 684 g/mol. The third-order valence-corrected chi connectivity index (χ3v) is 8.23. The number of para-hydroxylation sites is 1. The summed E-state index contributed by atoms with van der Waals surface area (Å²) in [6.45, 7) is 14.7. The summed E-state index contributed by atoms with van der Waals surface area (Å²) in [5, 5.41) is 0. The maximum atomic E-state index is 11.4. The number of hydrogen-bond donors (Lipinski definition) is 0. The number of hydrogen-bond acceptors (Lipinski definition) is 9. The van der Waals surface area contributed by atoms with Crippen LogP contribution in [0.25, 0.3) is 0 Å². The van der Waals surface area contributed by atoms with Crippen molar-refractivity contribution < 1.29 is 42.8 Å². The summed E-state index contributed by atoms with van der Waals surface area (Å²) in [7, 11) is 0. The van der Waals surface area contributed by atoms with E-state index < -0.39 is 11.9 Å². The third kappa shape index (κ3) is 20.9. The van der Waals surface area contributed by atoms with Gasteiger partial charge in [-0.2, -0.15) is 0 Å². The predicted octanol–water partition coefficient (Wildman–Crippen LogP) is 10.8. The maximum absolute atomic E-state index is 11.4. The van der Waals surface area contributed by atoms with Crippen molar-refractivity contribution in [3.63, 3.8) is 0 Å². The number of benzene rings is 2. The minimum Gasteiger partial charge on any atom is -0.490 e. The van der Waals surface area contributed by atoms with Crippen LogP contribution >= 0.6 is 0 Å². The Balaban J connectivity index is 0.000000293. The molecule has 0 amide bonds. The van der Waals surface area contributed by atoms with Crippen molar-refractivity contribution in [3.05, 3.63) is 128 Å². The number of esters is 3. The van der Waals surface area contributed by atoms with E-state index in [9.17, 15) is 14.4 Å². The van der Waals surface area contributed by atoms with Gasteiger partial charge in [-0.3, -0.25) is 0 Å². The van der Waals surface area contributed by atoms with Gasteiger partial charge in [0.05, 0.1) is 6.92 Å². The highest BCUT2D eigenvalue weighted by Gasteiger charge is 2.36. The van der Waals surface area contributed by atoms with E-state index >= 15 is 0 Å². The zero-order valence-corrected chi connectivity index (χ0v) is 32.3. The Bertz CT molecular complexity index is 1440. The predicted molar refractivity (Wildman–Crippen MR) is 212 cm³/mol. The van der Waals surface area contributed by atoms with Crippen LogP contribution in [0.2, 0.25) is 0 Å². The van der Waals surface area contributed by atoms with Gasteiger partial charge in [0.1, 0.15) is 36.6 Å². The molecular formula is C45H60O9. The molecule has 9 nitrogen and oxygen atoms in total. The minimum absolute atomic E-state index is 0.212. The Morgan fingerprint density at radius 2 is 1.26 bits per heavy atom. The molecule has 0 bridgehead atoms. The van der Waals surface area contributed by atoms with Crippen molar-refractivity contribution in [2.75, 3.05) is 6.61 Å². The smallest absolute Gasteiger partial charge is 0.415 e.